The Balaban J connectivity index is 1.71. The average Bonchev–Trinajstić information content (AvgIpc) is 3.25. The summed E-state index contributed by atoms with van der Waals surface area (Å²) in [5, 5.41) is 0. The van der Waals surface area contributed by atoms with E-state index in [1.165, 1.54) is 29.6 Å². The maximum absolute atomic E-state index is 13.5. The van der Waals surface area contributed by atoms with Crippen LogP contribution < -0.4 is 9.47 Å². The third kappa shape index (κ3) is 2.75. The van der Waals surface area contributed by atoms with E-state index in [4.69, 9.17) is 9.47 Å². The highest BCUT2D eigenvalue weighted by Gasteiger charge is 2.30. The number of halogens is 1. The number of hydrogen-bond acceptors (Lipinski definition) is 4. The van der Waals surface area contributed by atoms with Crippen molar-refractivity contribution in [3.8, 4) is 11.5 Å². The van der Waals surface area contributed by atoms with Crippen molar-refractivity contribution in [2.24, 2.45) is 0 Å². The fraction of sp³-hybridized carbons (Fsp3) is 0.368. The number of nitrogens with zero attached hydrogens (tertiary/aromatic N) is 1. The molecule has 4 rings (SSSR count). The van der Waals surface area contributed by atoms with Gasteiger partial charge in [-0.2, -0.15) is 4.31 Å². The molecule has 2 aromatic rings. The van der Waals surface area contributed by atoms with Gasteiger partial charge in [-0.25, -0.2) is 12.8 Å². The van der Waals surface area contributed by atoms with Crippen molar-refractivity contribution < 1.29 is 22.3 Å². The molecule has 0 bridgehead atoms. The standard InChI is InChI=1S/C19H20FNO4S/c1-12-9-14(3-4-17(12)20)26(22,23)21(2)11-16-15-6-8-24-18(15)10-13-5-7-25-19(13)16/h3-4,9-10H,5-8,11H2,1-2H3. The van der Waals surface area contributed by atoms with Crippen molar-refractivity contribution in [2.75, 3.05) is 20.3 Å². The Morgan fingerprint density at radius 2 is 1.92 bits per heavy atom. The molecule has 0 spiro atoms. The Morgan fingerprint density at radius 1 is 1.15 bits per heavy atom. The van der Waals surface area contributed by atoms with Crippen LogP contribution in [0.25, 0.3) is 0 Å². The zero-order chi connectivity index (χ0) is 18.5. The molecule has 2 heterocycles. The number of rotatable bonds is 4. The summed E-state index contributed by atoms with van der Waals surface area (Å²) in [6.07, 6.45) is 1.54. The SMILES string of the molecule is Cc1cc(S(=O)(=O)N(C)Cc2c3c(cc4c2OCC4)OCC3)ccc1F. The Labute approximate surface area is 152 Å². The van der Waals surface area contributed by atoms with Gasteiger partial charge in [0.05, 0.1) is 18.1 Å². The zero-order valence-electron chi connectivity index (χ0n) is 14.7. The van der Waals surface area contributed by atoms with Gasteiger partial charge < -0.3 is 9.47 Å². The van der Waals surface area contributed by atoms with E-state index in [1.807, 2.05) is 6.07 Å². The average molecular weight is 377 g/mol. The highest BCUT2D eigenvalue weighted by atomic mass is 32.2. The van der Waals surface area contributed by atoms with Gasteiger partial charge in [-0.15, -0.1) is 0 Å². The van der Waals surface area contributed by atoms with Crippen LogP contribution in [0.3, 0.4) is 0 Å². The molecule has 0 amide bonds. The molecule has 26 heavy (non-hydrogen) atoms. The summed E-state index contributed by atoms with van der Waals surface area (Å²) in [5.74, 6) is 1.19. The summed E-state index contributed by atoms with van der Waals surface area (Å²) in [6.45, 7) is 2.93. The Bertz CT molecular complexity index is 955. The molecule has 5 nitrogen and oxygen atoms in total. The highest BCUT2D eigenvalue weighted by molar-refractivity contribution is 7.89. The minimum absolute atomic E-state index is 0.0836. The molecule has 2 aromatic carbocycles. The second kappa shape index (κ2) is 6.25. The largest absolute Gasteiger partial charge is 0.493 e. The first kappa shape index (κ1) is 17.3. The third-order valence-electron chi connectivity index (χ3n) is 4.98. The number of ether oxygens (including phenoxy) is 2. The molecule has 138 valence electrons. The van der Waals surface area contributed by atoms with Crippen molar-refractivity contribution in [3.63, 3.8) is 0 Å². The molecule has 7 heteroatoms. The van der Waals surface area contributed by atoms with Crippen molar-refractivity contribution in [1.82, 2.24) is 4.31 Å². The molecule has 0 saturated carbocycles. The van der Waals surface area contributed by atoms with E-state index < -0.39 is 15.8 Å². The first-order valence-corrected chi connectivity index (χ1v) is 9.97. The van der Waals surface area contributed by atoms with Gasteiger partial charge in [-0.1, -0.05) is 0 Å². The van der Waals surface area contributed by atoms with Crippen LogP contribution in [0, 0.1) is 12.7 Å². The molecule has 0 N–H and O–H groups in total. The van der Waals surface area contributed by atoms with E-state index in [9.17, 15) is 12.8 Å². The van der Waals surface area contributed by atoms with E-state index in [2.05, 4.69) is 0 Å². The smallest absolute Gasteiger partial charge is 0.243 e. The van der Waals surface area contributed by atoms with Crippen molar-refractivity contribution in [1.29, 1.82) is 0 Å². The molecule has 2 aliphatic rings. The fourth-order valence-electron chi connectivity index (χ4n) is 3.52. The predicted molar refractivity (Wildman–Crippen MR) is 94.6 cm³/mol. The summed E-state index contributed by atoms with van der Waals surface area (Å²) in [6, 6.07) is 5.85. The second-order valence-electron chi connectivity index (χ2n) is 6.69. The third-order valence-corrected chi connectivity index (χ3v) is 6.78. The fourth-order valence-corrected chi connectivity index (χ4v) is 4.74. The van der Waals surface area contributed by atoms with Crippen LogP contribution in [-0.2, 0) is 29.4 Å². The molecule has 0 fully saturated rings. The van der Waals surface area contributed by atoms with E-state index >= 15 is 0 Å². The van der Waals surface area contributed by atoms with Crippen LogP contribution in [0.2, 0.25) is 0 Å². The summed E-state index contributed by atoms with van der Waals surface area (Å²) < 4.78 is 52.1. The van der Waals surface area contributed by atoms with Crippen LogP contribution in [0.4, 0.5) is 4.39 Å². The number of hydrogen-bond donors (Lipinski definition) is 0. The van der Waals surface area contributed by atoms with Gasteiger partial charge in [-0.3, -0.25) is 0 Å². The van der Waals surface area contributed by atoms with Crippen molar-refractivity contribution >= 4 is 10.0 Å². The molecular weight excluding hydrogens is 357 g/mol. The molecular formula is C19H20FNO4S. The topological polar surface area (TPSA) is 55.8 Å². The lowest BCUT2D eigenvalue weighted by atomic mass is 9.99. The van der Waals surface area contributed by atoms with Gasteiger partial charge >= 0.3 is 0 Å². The summed E-state index contributed by atoms with van der Waals surface area (Å²) in [7, 11) is -2.21. The minimum atomic E-state index is -3.74. The maximum Gasteiger partial charge on any atom is 0.243 e. The number of aryl methyl sites for hydroxylation is 1. The Morgan fingerprint density at radius 3 is 2.69 bits per heavy atom. The molecule has 0 aromatic heterocycles. The molecule has 0 radical (unpaired) electrons. The van der Waals surface area contributed by atoms with Crippen LogP contribution in [-0.4, -0.2) is 33.0 Å². The molecule has 0 unspecified atom stereocenters. The van der Waals surface area contributed by atoms with E-state index in [1.54, 1.807) is 6.92 Å². The zero-order valence-corrected chi connectivity index (χ0v) is 15.5. The second-order valence-corrected chi connectivity index (χ2v) is 8.73. The molecule has 2 aliphatic heterocycles. The van der Waals surface area contributed by atoms with E-state index in [0.29, 0.717) is 18.8 Å². The number of benzene rings is 2. The lowest BCUT2D eigenvalue weighted by Gasteiger charge is -2.21. The lowest BCUT2D eigenvalue weighted by Crippen LogP contribution is -2.27. The highest BCUT2D eigenvalue weighted by Crippen LogP contribution is 2.41. The minimum Gasteiger partial charge on any atom is -0.493 e. The quantitative estimate of drug-likeness (QED) is 0.822. The lowest BCUT2D eigenvalue weighted by molar-refractivity contribution is 0.348. The number of sulfonamides is 1. The Hall–Kier alpha value is -2.12. The summed E-state index contributed by atoms with van der Waals surface area (Å²) in [5.41, 5.74) is 3.25. The van der Waals surface area contributed by atoms with Gasteiger partial charge in [0, 0.05) is 43.1 Å². The van der Waals surface area contributed by atoms with E-state index in [0.717, 1.165) is 41.0 Å². The maximum atomic E-state index is 13.5. The van der Waals surface area contributed by atoms with E-state index in [-0.39, 0.29) is 11.4 Å². The van der Waals surface area contributed by atoms with Crippen LogP contribution in [0.15, 0.2) is 29.2 Å². The molecule has 0 saturated heterocycles. The van der Waals surface area contributed by atoms with Crippen molar-refractivity contribution in [3.05, 3.63) is 52.3 Å². The van der Waals surface area contributed by atoms with Crippen LogP contribution in [0.5, 0.6) is 11.5 Å². The monoisotopic (exact) mass is 377 g/mol. The van der Waals surface area contributed by atoms with Gasteiger partial charge in [0.1, 0.15) is 17.3 Å². The van der Waals surface area contributed by atoms with Gasteiger partial charge in [0.15, 0.2) is 0 Å². The first-order valence-electron chi connectivity index (χ1n) is 8.53. The van der Waals surface area contributed by atoms with Gasteiger partial charge in [-0.05, 0) is 36.8 Å². The van der Waals surface area contributed by atoms with Crippen molar-refractivity contribution in [2.45, 2.75) is 31.2 Å². The predicted octanol–water partition coefficient (Wildman–Crippen LogP) is 2.82. The van der Waals surface area contributed by atoms with Gasteiger partial charge in [0.2, 0.25) is 10.0 Å². The molecule has 0 atom stereocenters. The number of fused-ring (bicyclic) bond motifs is 2. The normalized spacial score (nSPS) is 15.5. The Kier molecular flexibility index (Phi) is 4.16. The van der Waals surface area contributed by atoms with Gasteiger partial charge in [0.25, 0.3) is 0 Å². The first-order chi connectivity index (χ1) is 12.4. The van der Waals surface area contributed by atoms with Crippen LogP contribution >= 0.6 is 0 Å². The molecule has 0 aliphatic carbocycles. The summed E-state index contributed by atoms with van der Waals surface area (Å²) >= 11 is 0. The summed E-state index contributed by atoms with van der Waals surface area (Å²) in [4.78, 5) is 0.0836. The van der Waals surface area contributed by atoms with Crippen LogP contribution in [0.1, 0.15) is 22.3 Å².